The molecule has 2 rings (SSSR count). The zero-order chi connectivity index (χ0) is 12.3. The standard InChI is InChI=1S/C10H8ClN3O3/c11-7-5-6(3-4-12-7)10-13-8(17-14-10)1-2-9(15)16/h3-5H,1-2H2,(H,15,16). The van der Waals surface area contributed by atoms with E-state index in [0.717, 1.165) is 0 Å². The van der Waals surface area contributed by atoms with Crippen molar-refractivity contribution in [2.24, 2.45) is 0 Å². The summed E-state index contributed by atoms with van der Waals surface area (Å²) < 4.78 is 4.92. The summed E-state index contributed by atoms with van der Waals surface area (Å²) in [5, 5.41) is 12.6. The predicted octanol–water partition coefficient (Wildman–Crippen LogP) is 1.80. The monoisotopic (exact) mass is 253 g/mol. The van der Waals surface area contributed by atoms with Crippen molar-refractivity contribution >= 4 is 17.6 Å². The molecular weight excluding hydrogens is 246 g/mol. The minimum Gasteiger partial charge on any atom is -0.481 e. The summed E-state index contributed by atoms with van der Waals surface area (Å²) in [6.45, 7) is 0. The maximum Gasteiger partial charge on any atom is 0.303 e. The second-order valence-electron chi connectivity index (χ2n) is 3.27. The number of aryl methyl sites for hydroxylation is 1. The van der Waals surface area contributed by atoms with Gasteiger partial charge in [0.15, 0.2) is 0 Å². The van der Waals surface area contributed by atoms with Gasteiger partial charge in [-0.3, -0.25) is 4.79 Å². The number of nitrogens with zero attached hydrogens (tertiary/aromatic N) is 3. The van der Waals surface area contributed by atoms with Gasteiger partial charge in [0.2, 0.25) is 11.7 Å². The Morgan fingerprint density at radius 3 is 3.06 bits per heavy atom. The Bertz CT molecular complexity index is 541. The third kappa shape index (κ3) is 3.01. The van der Waals surface area contributed by atoms with Gasteiger partial charge in [0, 0.05) is 18.2 Å². The Hall–Kier alpha value is -1.95. The molecule has 2 heterocycles. The fraction of sp³-hybridized carbons (Fsp3) is 0.200. The van der Waals surface area contributed by atoms with Crippen LogP contribution in [0.3, 0.4) is 0 Å². The third-order valence-electron chi connectivity index (χ3n) is 2.01. The maximum absolute atomic E-state index is 10.4. The summed E-state index contributed by atoms with van der Waals surface area (Å²) >= 11 is 5.73. The van der Waals surface area contributed by atoms with Crippen molar-refractivity contribution in [2.45, 2.75) is 12.8 Å². The van der Waals surface area contributed by atoms with Crippen LogP contribution in [-0.2, 0) is 11.2 Å². The van der Waals surface area contributed by atoms with E-state index in [1.54, 1.807) is 12.1 Å². The van der Waals surface area contributed by atoms with Gasteiger partial charge in [-0.05, 0) is 12.1 Å². The van der Waals surface area contributed by atoms with Crippen LogP contribution in [0.1, 0.15) is 12.3 Å². The van der Waals surface area contributed by atoms with Crippen molar-refractivity contribution in [1.29, 1.82) is 0 Å². The van der Waals surface area contributed by atoms with E-state index in [1.807, 2.05) is 0 Å². The molecule has 6 nitrogen and oxygen atoms in total. The molecule has 17 heavy (non-hydrogen) atoms. The molecule has 0 unspecified atom stereocenters. The predicted molar refractivity (Wildman–Crippen MR) is 58.5 cm³/mol. The lowest BCUT2D eigenvalue weighted by molar-refractivity contribution is -0.137. The average Bonchev–Trinajstić information content (AvgIpc) is 2.75. The van der Waals surface area contributed by atoms with Crippen LogP contribution in [0.15, 0.2) is 22.9 Å². The SMILES string of the molecule is O=C(O)CCc1nc(-c2ccnc(Cl)c2)no1. The first kappa shape index (κ1) is 11.5. The van der Waals surface area contributed by atoms with Gasteiger partial charge >= 0.3 is 5.97 Å². The summed E-state index contributed by atoms with van der Waals surface area (Å²) in [7, 11) is 0. The quantitative estimate of drug-likeness (QED) is 0.836. The molecular formula is C10H8ClN3O3. The number of aliphatic carboxylic acids is 1. The Balaban J connectivity index is 2.15. The topological polar surface area (TPSA) is 89.1 Å². The normalized spacial score (nSPS) is 10.4. The number of carbonyl (C=O) groups is 1. The Kier molecular flexibility index (Phi) is 3.34. The molecule has 0 aliphatic heterocycles. The highest BCUT2D eigenvalue weighted by Crippen LogP contribution is 2.18. The molecule has 0 amide bonds. The Morgan fingerprint density at radius 1 is 1.53 bits per heavy atom. The van der Waals surface area contributed by atoms with Crippen molar-refractivity contribution in [2.75, 3.05) is 0 Å². The van der Waals surface area contributed by atoms with E-state index in [1.165, 1.54) is 6.20 Å². The van der Waals surface area contributed by atoms with Crippen LogP contribution >= 0.6 is 11.6 Å². The molecule has 2 aromatic heterocycles. The largest absolute Gasteiger partial charge is 0.481 e. The Morgan fingerprint density at radius 2 is 2.35 bits per heavy atom. The van der Waals surface area contributed by atoms with Gasteiger partial charge in [-0.15, -0.1) is 0 Å². The molecule has 88 valence electrons. The van der Waals surface area contributed by atoms with Crippen LogP contribution in [0.2, 0.25) is 5.15 Å². The lowest BCUT2D eigenvalue weighted by Crippen LogP contribution is -1.97. The molecule has 0 fully saturated rings. The van der Waals surface area contributed by atoms with Crippen LogP contribution in [0.5, 0.6) is 0 Å². The number of rotatable bonds is 4. The van der Waals surface area contributed by atoms with Crippen molar-refractivity contribution in [1.82, 2.24) is 15.1 Å². The number of hydrogen-bond acceptors (Lipinski definition) is 5. The molecule has 0 aliphatic rings. The van der Waals surface area contributed by atoms with E-state index in [-0.39, 0.29) is 18.7 Å². The van der Waals surface area contributed by atoms with E-state index in [2.05, 4.69) is 15.1 Å². The Labute approximate surface area is 101 Å². The molecule has 0 bridgehead atoms. The average molecular weight is 254 g/mol. The van der Waals surface area contributed by atoms with Gasteiger partial charge in [-0.25, -0.2) is 4.98 Å². The highest BCUT2D eigenvalue weighted by Gasteiger charge is 2.10. The zero-order valence-corrected chi connectivity index (χ0v) is 9.39. The number of carboxylic acid groups (broad SMARTS) is 1. The summed E-state index contributed by atoms with van der Waals surface area (Å²) in [4.78, 5) is 18.3. The van der Waals surface area contributed by atoms with Gasteiger partial charge < -0.3 is 9.63 Å². The lowest BCUT2D eigenvalue weighted by Gasteiger charge is -1.93. The highest BCUT2D eigenvalue weighted by atomic mass is 35.5. The van der Waals surface area contributed by atoms with E-state index in [9.17, 15) is 4.79 Å². The van der Waals surface area contributed by atoms with E-state index >= 15 is 0 Å². The van der Waals surface area contributed by atoms with Crippen molar-refractivity contribution in [3.63, 3.8) is 0 Å². The van der Waals surface area contributed by atoms with E-state index < -0.39 is 5.97 Å². The molecule has 1 N–H and O–H groups in total. The third-order valence-corrected chi connectivity index (χ3v) is 2.21. The molecule has 0 spiro atoms. The number of hydrogen-bond donors (Lipinski definition) is 1. The van der Waals surface area contributed by atoms with Crippen LogP contribution in [0.25, 0.3) is 11.4 Å². The van der Waals surface area contributed by atoms with Crippen molar-refractivity contribution < 1.29 is 14.4 Å². The second-order valence-corrected chi connectivity index (χ2v) is 3.66. The second kappa shape index (κ2) is 4.92. The van der Waals surface area contributed by atoms with Gasteiger partial charge in [-0.2, -0.15) is 4.98 Å². The first-order valence-corrected chi connectivity index (χ1v) is 5.19. The summed E-state index contributed by atoms with van der Waals surface area (Å²) in [6.07, 6.45) is 1.70. The van der Waals surface area contributed by atoms with Crippen LogP contribution < -0.4 is 0 Å². The number of carboxylic acids is 1. The zero-order valence-electron chi connectivity index (χ0n) is 8.63. The van der Waals surface area contributed by atoms with Gasteiger partial charge in [0.25, 0.3) is 0 Å². The minimum atomic E-state index is -0.906. The number of aromatic nitrogens is 3. The van der Waals surface area contributed by atoms with Gasteiger partial charge in [-0.1, -0.05) is 16.8 Å². The highest BCUT2D eigenvalue weighted by molar-refractivity contribution is 6.29. The van der Waals surface area contributed by atoms with Crippen LogP contribution in [0.4, 0.5) is 0 Å². The fourth-order valence-electron chi connectivity index (χ4n) is 1.23. The molecule has 0 radical (unpaired) electrons. The summed E-state index contributed by atoms with van der Waals surface area (Å²) in [5.74, 6) is -0.248. The fourth-order valence-corrected chi connectivity index (χ4v) is 1.40. The molecule has 0 saturated heterocycles. The molecule has 0 atom stereocenters. The number of pyridine rings is 1. The smallest absolute Gasteiger partial charge is 0.303 e. The van der Waals surface area contributed by atoms with Crippen LogP contribution in [-0.4, -0.2) is 26.2 Å². The molecule has 0 aliphatic carbocycles. The summed E-state index contributed by atoms with van der Waals surface area (Å²) in [5.41, 5.74) is 0.676. The van der Waals surface area contributed by atoms with E-state index in [4.69, 9.17) is 21.2 Å². The first-order chi connectivity index (χ1) is 8.15. The molecule has 7 heteroatoms. The van der Waals surface area contributed by atoms with Gasteiger partial charge in [0.1, 0.15) is 5.15 Å². The number of halogens is 1. The molecule has 0 aromatic carbocycles. The maximum atomic E-state index is 10.4. The van der Waals surface area contributed by atoms with Crippen molar-refractivity contribution in [3.05, 3.63) is 29.4 Å². The molecule has 0 saturated carbocycles. The van der Waals surface area contributed by atoms with Crippen molar-refractivity contribution in [3.8, 4) is 11.4 Å². The minimum absolute atomic E-state index is 0.0429. The first-order valence-electron chi connectivity index (χ1n) is 4.81. The van der Waals surface area contributed by atoms with Gasteiger partial charge in [0.05, 0.1) is 6.42 Å². The van der Waals surface area contributed by atoms with Crippen LogP contribution in [0, 0.1) is 0 Å². The molecule has 2 aromatic rings. The lowest BCUT2D eigenvalue weighted by atomic mass is 10.2. The summed E-state index contributed by atoms with van der Waals surface area (Å²) in [6, 6.07) is 3.30. The van der Waals surface area contributed by atoms with E-state index in [0.29, 0.717) is 16.5 Å².